The Kier molecular flexibility index (Phi) is 4.02. The molecular weight excluding hydrogens is 271 g/mol. The third-order valence-electron chi connectivity index (χ3n) is 2.37. The first kappa shape index (κ1) is 13.2. The second-order valence-electron chi connectivity index (χ2n) is 3.90. The highest BCUT2D eigenvalue weighted by atomic mass is 32.2. The van der Waals surface area contributed by atoms with Gasteiger partial charge in [0.15, 0.2) is 6.61 Å². The Bertz CT molecular complexity index is 380. The number of nitrogens with one attached hydrogen (secondary N) is 1. The zero-order chi connectivity index (χ0) is 12.5. The fraction of sp³-hybridized carbons (Fsp3) is 0.600. The highest BCUT2D eigenvalue weighted by Crippen LogP contribution is 2.43. The molecule has 1 aliphatic rings. The van der Waals surface area contributed by atoms with Gasteiger partial charge in [0, 0.05) is 5.25 Å². The van der Waals surface area contributed by atoms with Crippen molar-refractivity contribution < 1.29 is 18.0 Å². The predicted molar refractivity (Wildman–Crippen MR) is 62.1 cm³/mol. The molecular formula is C10H12F3NOS2. The third-order valence-corrected chi connectivity index (χ3v) is 4.71. The first-order valence-electron chi connectivity index (χ1n) is 5.14. The summed E-state index contributed by atoms with van der Waals surface area (Å²) in [5, 5.41) is 2.34. The number of thiophene rings is 1. The SMILES string of the molecule is C[C@H]1CC(NOCC(F)(F)F)c2ccsc2S1. The average molecular weight is 283 g/mol. The summed E-state index contributed by atoms with van der Waals surface area (Å²) in [6, 6.07) is 1.79. The van der Waals surface area contributed by atoms with Crippen LogP contribution in [0.3, 0.4) is 0 Å². The van der Waals surface area contributed by atoms with Gasteiger partial charge in [0.1, 0.15) is 0 Å². The zero-order valence-corrected chi connectivity index (χ0v) is 10.7. The van der Waals surface area contributed by atoms with Gasteiger partial charge in [0.05, 0.1) is 10.3 Å². The predicted octanol–water partition coefficient (Wildman–Crippen LogP) is 3.76. The molecule has 0 saturated heterocycles. The van der Waals surface area contributed by atoms with Crippen molar-refractivity contribution in [2.45, 2.75) is 35.0 Å². The number of alkyl halides is 3. The van der Waals surface area contributed by atoms with Crippen molar-refractivity contribution in [1.29, 1.82) is 0 Å². The second-order valence-corrected chi connectivity index (χ2v) is 6.53. The van der Waals surface area contributed by atoms with Gasteiger partial charge >= 0.3 is 6.18 Å². The Balaban J connectivity index is 1.94. The zero-order valence-electron chi connectivity index (χ0n) is 9.08. The summed E-state index contributed by atoms with van der Waals surface area (Å²) in [7, 11) is 0. The minimum absolute atomic E-state index is 0.144. The van der Waals surface area contributed by atoms with Gasteiger partial charge in [-0.25, -0.2) is 0 Å². The molecule has 0 bridgehead atoms. The monoisotopic (exact) mass is 283 g/mol. The maximum absolute atomic E-state index is 12.0. The van der Waals surface area contributed by atoms with Crippen molar-refractivity contribution in [2.24, 2.45) is 0 Å². The molecule has 2 atom stereocenters. The maximum Gasteiger partial charge on any atom is 0.413 e. The van der Waals surface area contributed by atoms with Gasteiger partial charge in [-0.3, -0.25) is 4.84 Å². The number of halogens is 3. The Morgan fingerprint density at radius 3 is 3.00 bits per heavy atom. The van der Waals surface area contributed by atoms with E-state index in [-0.39, 0.29) is 6.04 Å². The average Bonchev–Trinajstić information content (AvgIpc) is 2.63. The van der Waals surface area contributed by atoms with Crippen LogP contribution in [0, 0.1) is 0 Å². The van der Waals surface area contributed by atoms with Crippen molar-refractivity contribution in [3.05, 3.63) is 17.0 Å². The minimum Gasteiger partial charge on any atom is -0.292 e. The summed E-state index contributed by atoms with van der Waals surface area (Å²) in [5.74, 6) is 0. The van der Waals surface area contributed by atoms with Crippen LogP contribution in [0.15, 0.2) is 15.7 Å². The summed E-state index contributed by atoms with van der Waals surface area (Å²) < 4.78 is 37.0. The smallest absolute Gasteiger partial charge is 0.292 e. The Morgan fingerprint density at radius 2 is 2.29 bits per heavy atom. The maximum atomic E-state index is 12.0. The number of hydrogen-bond donors (Lipinski definition) is 1. The van der Waals surface area contributed by atoms with E-state index in [9.17, 15) is 13.2 Å². The summed E-state index contributed by atoms with van der Waals surface area (Å²) in [4.78, 5) is 4.53. The number of thioether (sulfide) groups is 1. The largest absolute Gasteiger partial charge is 0.413 e. The van der Waals surface area contributed by atoms with Crippen LogP contribution in [0.4, 0.5) is 13.2 Å². The first-order valence-corrected chi connectivity index (χ1v) is 6.90. The summed E-state index contributed by atoms with van der Waals surface area (Å²) in [6.45, 7) is 0.802. The lowest BCUT2D eigenvalue weighted by Gasteiger charge is -2.27. The number of hydroxylamine groups is 1. The molecule has 2 heterocycles. The van der Waals surface area contributed by atoms with Crippen LogP contribution >= 0.6 is 23.1 Å². The van der Waals surface area contributed by atoms with E-state index in [4.69, 9.17) is 0 Å². The van der Waals surface area contributed by atoms with Crippen LogP contribution in [-0.4, -0.2) is 18.0 Å². The molecule has 1 aromatic rings. The van der Waals surface area contributed by atoms with Crippen LogP contribution in [0.25, 0.3) is 0 Å². The summed E-state index contributed by atoms with van der Waals surface area (Å²) >= 11 is 3.38. The molecule has 2 nitrogen and oxygen atoms in total. The van der Waals surface area contributed by atoms with Gasteiger partial charge in [0.25, 0.3) is 0 Å². The molecule has 0 amide bonds. The van der Waals surface area contributed by atoms with E-state index >= 15 is 0 Å². The van der Waals surface area contributed by atoms with E-state index in [2.05, 4.69) is 17.2 Å². The standard InChI is InChI=1S/C10H12F3NOS2/c1-6-4-8(14-15-5-10(11,12)13)7-2-3-16-9(7)17-6/h2-3,6,8,14H,4-5H2,1H3/t6-,8?/m0/s1. The molecule has 1 N–H and O–H groups in total. The van der Waals surface area contributed by atoms with E-state index < -0.39 is 12.8 Å². The normalized spacial score (nSPS) is 24.7. The lowest BCUT2D eigenvalue weighted by Crippen LogP contribution is -2.30. The van der Waals surface area contributed by atoms with Gasteiger partial charge in [0.2, 0.25) is 0 Å². The quantitative estimate of drug-likeness (QED) is 0.854. The van der Waals surface area contributed by atoms with Crippen molar-refractivity contribution >= 4 is 23.1 Å². The van der Waals surface area contributed by atoms with E-state index in [0.717, 1.165) is 16.2 Å². The molecule has 0 fully saturated rings. The van der Waals surface area contributed by atoms with Crippen LogP contribution in [0.2, 0.25) is 0 Å². The number of fused-ring (bicyclic) bond motifs is 1. The highest BCUT2D eigenvalue weighted by Gasteiger charge is 2.30. The van der Waals surface area contributed by atoms with Gasteiger partial charge in [-0.2, -0.15) is 18.7 Å². The van der Waals surface area contributed by atoms with Crippen LogP contribution in [0.5, 0.6) is 0 Å². The summed E-state index contributed by atoms with van der Waals surface area (Å²) in [5.41, 5.74) is 3.57. The fourth-order valence-corrected chi connectivity index (χ4v) is 4.25. The van der Waals surface area contributed by atoms with Crippen molar-refractivity contribution in [2.75, 3.05) is 6.61 Å². The highest BCUT2D eigenvalue weighted by molar-refractivity contribution is 8.01. The molecule has 0 saturated carbocycles. The number of hydrogen-bond acceptors (Lipinski definition) is 4. The van der Waals surface area contributed by atoms with Gasteiger partial charge in [-0.1, -0.05) is 6.92 Å². The molecule has 0 radical (unpaired) electrons. The molecule has 0 aromatic carbocycles. The third kappa shape index (κ3) is 3.61. The van der Waals surface area contributed by atoms with E-state index in [1.807, 2.05) is 11.4 Å². The van der Waals surface area contributed by atoms with Gasteiger partial charge in [-0.15, -0.1) is 23.1 Å². The first-order chi connectivity index (χ1) is 7.96. The minimum atomic E-state index is -4.29. The van der Waals surface area contributed by atoms with Gasteiger partial charge in [-0.05, 0) is 23.4 Å². The molecule has 17 heavy (non-hydrogen) atoms. The molecule has 1 aromatic heterocycles. The molecule has 0 aliphatic carbocycles. The molecule has 1 unspecified atom stereocenters. The molecule has 96 valence electrons. The molecule has 2 rings (SSSR count). The van der Waals surface area contributed by atoms with E-state index in [0.29, 0.717) is 5.25 Å². The van der Waals surface area contributed by atoms with Crippen LogP contribution in [-0.2, 0) is 4.84 Å². The van der Waals surface area contributed by atoms with E-state index in [1.54, 1.807) is 23.1 Å². The van der Waals surface area contributed by atoms with Crippen molar-refractivity contribution in [1.82, 2.24) is 5.48 Å². The summed E-state index contributed by atoms with van der Waals surface area (Å²) in [6.07, 6.45) is -3.52. The van der Waals surface area contributed by atoms with E-state index in [1.165, 1.54) is 0 Å². The second kappa shape index (κ2) is 5.17. The Hall–Kier alpha value is -0.240. The Labute approximate surface area is 105 Å². The Morgan fingerprint density at radius 1 is 1.53 bits per heavy atom. The lowest BCUT2D eigenvalue weighted by atomic mass is 10.1. The van der Waals surface area contributed by atoms with Crippen LogP contribution < -0.4 is 5.48 Å². The van der Waals surface area contributed by atoms with Gasteiger partial charge < -0.3 is 0 Å². The topological polar surface area (TPSA) is 21.3 Å². The lowest BCUT2D eigenvalue weighted by molar-refractivity contribution is -0.193. The van der Waals surface area contributed by atoms with Crippen LogP contribution in [0.1, 0.15) is 24.9 Å². The number of rotatable bonds is 3. The fourth-order valence-electron chi connectivity index (χ4n) is 1.68. The molecule has 0 spiro atoms. The van der Waals surface area contributed by atoms with Crippen molar-refractivity contribution in [3.63, 3.8) is 0 Å². The van der Waals surface area contributed by atoms with Crippen molar-refractivity contribution in [3.8, 4) is 0 Å². The molecule has 7 heteroatoms. The molecule has 1 aliphatic heterocycles.